The van der Waals surface area contributed by atoms with Gasteiger partial charge in [0.2, 0.25) is 0 Å². The van der Waals surface area contributed by atoms with E-state index in [1.807, 2.05) is 6.07 Å². The highest BCUT2D eigenvalue weighted by Gasteiger charge is 2.44. The summed E-state index contributed by atoms with van der Waals surface area (Å²) in [6.45, 7) is 11.1. The Labute approximate surface area is 251 Å². The van der Waals surface area contributed by atoms with Crippen molar-refractivity contribution in [3.63, 3.8) is 0 Å². The molecule has 0 radical (unpaired) electrons. The van der Waals surface area contributed by atoms with Gasteiger partial charge in [-0.05, 0) is 80.4 Å². The fourth-order valence-electron chi connectivity index (χ4n) is 5.72. The molecule has 0 amide bonds. The molecular formula is C29H43ClN5O2PS2. The van der Waals surface area contributed by atoms with E-state index >= 15 is 0 Å². The van der Waals surface area contributed by atoms with Crippen LogP contribution < -0.4 is 10.0 Å². The number of nitrogens with zero attached hydrogens (tertiary/aromatic N) is 3. The maximum absolute atomic E-state index is 13.1. The Hall–Kier alpha value is -1.48. The van der Waals surface area contributed by atoms with Gasteiger partial charge in [0.25, 0.3) is 10.0 Å². The van der Waals surface area contributed by atoms with Gasteiger partial charge in [0.1, 0.15) is 7.36 Å². The van der Waals surface area contributed by atoms with E-state index in [1.165, 1.54) is 51.4 Å². The topological polar surface area (TPSA) is 77.0 Å². The minimum Gasteiger partial charge on any atom is -0.331 e. The number of nitrogens with one attached hydrogen (secondary N) is 2. The predicted octanol–water partition coefficient (Wildman–Crippen LogP) is 8.42. The first-order valence-corrected chi connectivity index (χ1v) is 18.3. The van der Waals surface area contributed by atoms with E-state index < -0.39 is 17.4 Å². The molecule has 220 valence electrons. The Morgan fingerprint density at radius 3 is 1.88 bits per heavy atom. The smallest absolute Gasteiger partial charge is 0.261 e. The second-order valence-electron chi connectivity index (χ2n) is 11.6. The van der Waals surface area contributed by atoms with Crippen LogP contribution in [-0.2, 0) is 10.0 Å². The summed E-state index contributed by atoms with van der Waals surface area (Å²) >= 11 is 11.9. The van der Waals surface area contributed by atoms with Crippen LogP contribution in [0.5, 0.6) is 0 Å². The van der Waals surface area contributed by atoms with Gasteiger partial charge in [0.15, 0.2) is 5.11 Å². The molecule has 2 heterocycles. The highest BCUT2D eigenvalue weighted by atomic mass is 35.5. The highest BCUT2D eigenvalue weighted by molar-refractivity contribution is 7.92. The summed E-state index contributed by atoms with van der Waals surface area (Å²) in [5.74, 6) is 0. The van der Waals surface area contributed by atoms with Gasteiger partial charge in [-0.2, -0.15) is 0 Å². The van der Waals surface area contributed by atoms with Crippen LogP contribution in [0.4, 0.5) is 11.4 Å². The van der Waals surface area contributed by atoms with E-state index in [0.29, 0.717) is 21.5 Å². The van der Waals surface area contributed by atoms with Crippen LogP contribution in [0.2, 0.25) is 5.02 Å². The van der Waals surface area contributed by atoms with Gasteiger partial charge >= 0.3 is 0 Å². The van der Waals surface area contributed by atoms with Crippen molar-refractivity contribution in [1.82, 2.24) is 9.34 Å². The summed E-state index contributed by atoms with van der Waals surface area (Å²) in [5, 5.41) is 4.15. The second kappa shape index (κ2) is 13.7. The van der Waals surface area contributed by atoms with Gasteiger partial charge in [-0.25, -0.2) is 13.2 Å². The Kier molecular flexibility index (Phi) is 10.7. The van der Waals surface area contributed by atoms with Crippen LogP contribution in [0.15, 0.2) is 58.2 Å². The molecule has 2 aliphatic rings. The van der Waals surface area contributed by atoms with Gasteiger partial charge in [-0.3, -0.25) is 14.1 Å². The molecule has 11 heteroatoms. The zero-order chi connectivity index (χ0) is 28.8. The van der Waals surface area contributed by atoms with Crippen LogP contribution in [0.1, 0.15) is 72.1 Å². The monoisotopic (exact) mass is 623 g/mol. The van der Waals surface area contributed by atoms with Gasteiger partial charge in [0.05, 0.1) is 4.90 Å². The molecule has 2 aromatic carbocycles. The van der Waals surface area contributed by atoms with E-state index in [9.17, 15) is 8.42 Å². The summed E-state index contributed by atoms with van der Waals surface area (Å²) in [4.78, 5) is 0.146. The van der Waals surface area contributed by atoms with Crippen molar-refractivity contribution >= 4 is 57.7 Å². The van der Waals surface area contributed by atoms with E-state index in [4.69, 9.17) is 28.6 Å². The van der Waals surface area contributed by atoms with Crippen molar-refractivity contribution in [2.75, 3.05) is 36.2 Å². The maximum atomic E-state index is 13.1. The van der Waals surface area contributed by atoms with Crippen LogP contribution in [-0.4, -0.2) is 54.2 Å². The molecular weight excluding hydrogens is 581 g/mol. The lowest BCUT2D eigenvalue weighted by molar-refractivity contribution is 0.368. The van der Waals surface area contributed by atoms with Crippen molar-refractivity contribution in [3.8, 4) is 0 Å². The summed E-state index contributed by atoms with van der Waals surface area (Å²) < 4.78 is 39.7. The highest BCUT2D eigenvalue weighted by Crippen LogP contribution is 2.67. The first-order valence-electron chi connectivity index (χ1n) is 14.3. The number of sulfonamides is 1. The molecule has 2 fully saturated rings. The summed E-state index contributed by atoms with van der Waals surface area (Å²) in [6, 6.07) is 13.3. The normalized spacial score (nSPS) is 18.4. The summed E-state index contributed by atoms with van der Waals surface area (Å²) in [5.41, 5.74) is 1.05. The van der Waals surface area contributed by atoms with Crippen LogP contribution in [0.3, 0.4) is 0 Å². The molecule has 4 rings (SSSR count). The first-order chi connectivity index (χ1) is 19.0. The summed E-state index contributed by atoms with van der Waals surface area (Å²) in [7, 11) is -6.03. The van der Waals surface area contributed by atoms with E-state index in [2.05, 4.69) is 40.2 Å². The van der Waals surface area contributed by atoms with Crippen molar-refractivity contribution in [2.24, 2.45) is 4.74 Å². The lowest BCUT2D eigenvalue weighted by Crippen LogP contribution is -2.42. The number of hydrogen-bond donors (Lipinski definition) is 2. The predicted molar refractivity (Wildman–Crippen MR) is 174 cm³/mol. The van der Waals surface area contributed by atoms with Gasteiger partial charge in [-0.15, -0.1) is 0 Å². The molecule has 0 aromatic heterocycles. The lowest BCUT2D eigenvalue weighted by atomic mass is 10.2. The van der Waals surface area contributed by atoms with E-state index in [1.54, 1.807) is 42.5 Å². The molecule has 40 heavy (non-hydrogen) atoms. The third-order valence-electron chi connectivity index (χ3n) is 7.58. The second-order valence-corrected chi connectivity index (χ2v) is 18.0. The molecule has 0 saturated carbocycles. The SMILES string of the molecule is CC(C)(C)P(=NC(=S)Nc1cccc(S(=O)(=O)Nc2ccc(Cl)cc2)c1)(N1CCCCCC1)N1CCCCCC1. The molecule has 0 aliphatic carbocycles. The molecule has 0 unspecified atom stereocenters. The van der Waals surface area contributed by atoms with E-state index in [-0.39, 0.29) is 10.1 Å². The molecule has 2 aromatic rings. The molecule has 2 saturated heterocycles. The number of hydrogen-bond acceptors (Lipinski definition) is 3. The Balaban J connectivity index is 1.66. The fourth-order valence-corrected chi connectivity index (χ4v) is 12.0. The fraction of sp³-hybridized carbons (Fsp3) is 0.552. The molecule has 7 nitrogen and oxygen atoms in total. The number of benzene rings is 2. The standard InChI is InChI=1S/C29H43ClN5O2PS2/c1-29(2,3)38(34-19-8-4-5-9-20-34,35-21-10-6-7-11-22-35)32-28(39)31-26-13-12-14-27(23-26)40(36,37)33-25-17-15-24(30)16-18-25/h12-18,23,33H,4-11,19-22H2,1-3H3,(H,31,39). The minimum absolute atomic E-state index is 0.0961. The zero-order valence-electron chi connectivity index (χ0n) is 23.9. The van der Waals surface area contributed by atoms with Crippen molar-refractivity contribution in [3.05, 3.63) is 53.6 Å². The van der Waals surface area contributed by atoms with Crippen molar-refractivity contribution in [2.45, 2.75) is 82.2 Å². The Bertz CT molecular complexity index is 1290. The average Bonchev–Trinajstić information content (AvgIpc) is 3.34. The number of anilines is 2. The molecule has 2 aliphatic heterocycles. The quantitative estimate of drug-likeness (QED) is 0.248. The molecule has 0 spiro atoms. The van der Waals surface area contributed by atoms with Crippen LogP contribution >= 0.6 is 31.2 Å². The Morgan fingerprint density at radius 2 is 1.38 bits per heavy atom. The third-order valence-corrected chi connectivity index (χ3v) is 14.2. The van der Waals surface area contributed by atoms with Gasteiger partial charge in [0, 0.05) is 47.7 Å². The van der Waals surface area contributed by atoms with Crippen LogP contribution in [0, 0.1) is 0 Å². The molecule has 0 atom stereocenters. The number of rotatable bonds is 6. The van der Waals surface area contributed by atoms with Crippen molar-refractivity contribution in [1.29, 1.82) is 0 Å². The first kappa shape index (κ1) is 31.5. The maximum Gasteiger partial charge on any atom is 0.261 e. The average molecular weight is 624 g/mol. The number of halogens is 1. The van der Waals surface area contributed by atoms with Crippen LogP contribution in [0.25, 0.3) is 0 Å². The van der Waals surface area contributed by atoms with Gasteiger partial charge < -0.3 is 5.32 Å². The minimum atomic E-state index is -3.80. The lowest BCUT2D eigenvalue weighted by Gasteiger charge is -2.50. The summed E-state index contributed by atoms with van der Waals surface area (Å²) in [6.07, 6.45) is 9.76. The third kappa shape index (κ3) is 7.67. The molecule has 0 bridgehead atoms. The zero-order valence-corrected chi connectivity index (χ0v) is 27.2. The van der Waals surface area contributed by atoms with Crippen molar-refractivity contribution < 1.29 is 8.42 Å². The van der Waals surface area contributed by atoms with E-state index in [0.717, 1.165) is 26.2 Å². The van der Waals surface area contributed by atoms with Gasteiger partial charge in [-0.1, -0.05) is 64.1 Å². The number of thiocarbonyl (C=S) groups is 1. The largest absolute Gasteiger partial charge is 0.331 e. The Morgan fingerprint density at radius 1 is 0.850 bits per heavy atom. The molecule has 2 N–H and O–H groups in total.